The summed E-state index contributed by atoms with van der Waals surface area (Å²) in [4.78, 5) is 12.3. The maximum absolute atomic E-state index is 12.3. The fourth-order valence-electron chi connectivity index (χ4n) is 2.46. The molecule has 0 atom stereocenters. The van der Waals surface area contributed by atoms with Crippen molar-refractivity contribution in [3.05, 3.63) is 48.0 Å². The first-order chi connectivity index (χ1) is 13.1. The average Bonchev–Trinajstić information content (AvgIpc) is 3.15. The largest absolute Gasteiger partial charge is 0.493 e. The molecule has 0 unspecified atom stereocenters. The average molecular weight is 385 g/mol. The van der Waals surface area contributed by atoms with E-state index in [-0.39, 0.29) is 11.7 Å². The van der Waals surface area contributed by atoms with Gasteiger partial charge in [-0.15, -0.1) is 5.10 Å². The van der Waals surface area contributed by atoms with Crippen molar-refractivity contribution in [2.45, 2.75) is 12.1 Å². The van der Waals surface area contributed by atoms with Crippen LogP contribution in [0.25, 0.3) is 5.69 Å². The number of carbonyl (C=O) groups is 1. The van der Waals surface area contributed by atoms with Crippen LogP contribution in [0.5, 0.6) is 11.5 Å². The summed E-state index contributed by atoms with van der Waals surface area (Å²) in [6.45, 7) is 1.98. The highest BCUT2D eigenvalue weighted by molar-refractivity contribution is 7.99. The Hall–Kier alpha value is -3.07. The van der Waals surface area contributed by atoms with E-state index in [2.05, 4.69) is 20.8 Å². The van der Waals surface area contributed by atoms with Crippen molar-refractivity contribution in [2.75, 3.05) is 25.3 Å². The molecule has 0 fully saturated rings. The molecule has 0 aliphatic carbocycles. The number of thioether (sulfide) groups is 1. The molecule has 0 aliphatic heterocycles. The summed E-state index contributed by atoms with van der Waals surface area (Å²) >= 11 is 1.26. The molecule has 3 rings (SSSR count). The third-order valence-corrected chi connectivity index (χ3v) is 4.70. The van der Waals surface area contributed by atoms with E-state index in [9.17, 15) is 4.79 Å². The lowest BCUT2D eigenvalue weighted by atomic mass is 10.2. The topological polar surface area (TPSA) is 91.2 Å². The van der Waals surface area contributed by atoms with Crippen LogP contribution in [0, 0.1) is 6.92 Å². The quantitative estimate of drug-likeness (QED) is 0.625. The van der Waals surface area contributed by atoms with E-state index in [1.54, 1.807) is 37.1 Å². The second kappa shape index (κ2) is 8.54. The van der Waals surface area contributed by atoms with Crippen LogP contribution in [0.4, 0.5) is 5.69 Å². The van der Waals surface area contributed by atoms with Gasteiger partial charge in [-0.1, -0.05) is 30.0 Å². The van der Waals surface area contributed by atoms with Crippen LogP contribution in [-0.4, -0.2) is 46.1 Å². The maximum atomic E-state index is 12.3. The van der Waals surface area contributed by atoms with E-state index in [0.29, 0.717) is 22.3 Å². The number of carbonyl (C=O) groups excluding carboxylic acids is 1. The first-order valence-electron chi connectivity index (χ1n) is 8.11. The zero-order valence-corrected chi connectivity index (χ0v) is 16.0. The monoisotopic (exact) mass is 385 g/mol. The lowest BCUT2D eigenvalue weighted by Crippen LogP contribution is -2.14. The first kappa shape index (κ1) is 18.7. The summed E-state index contributed by atoms with van der Waals surface area (Å²) in [6.07, 6.45) is 0. The molecule has 0 spiro atoms. The molecule has 1 N–H and O–H groups in total. The summed E-state index contributed by atoms with van der Waals surface area (Å²) in [7, 11) is 3.11. The van der Waals surface area contributed by atoms with Crippen molar-refractivity contribution in [3.63, 3.8) is 0 Å². The van der Waals surface area contributed by atoms with E-state index < -0.39 is 0 Å². The van der Waals surface area contributed by atoms with Crippen molar-refractivity contribution >= 4 is 23.4 Å². The van der Waals surface area contributed by atoms with Crippen molar-refractivity contribution in [1.82, 2.24) is 20.2 Å². The van der Waals surface area contributed by atoms with E-state index in [1.807, 2.05) is 31.2 Å². The van der Waals surface area contributed by atoms with Gasteiger partial charge in [0, 0.05) is 11.8 Å². The van der Waals surface area contributed by atoms with Gasteiger partial charge < -0.3 is 14.8 Å². The Morgan fingerprint density at radius 3 is 2.67 bits per heavy atom. The van der Waals surface area contributed by atoms with Crippen LogP contribution in [0.3, 0.4) is 0 Å². The fraction of sp³-hybridized carbons (Fsp3) is 0.222. The number of benzene rings is 2. The van der Waals surface area contributed by atoms with Gasteiger partial charge in [0.05, 0.1) is 25.7 Å². The molecule has 0 saturated carbocycles. The zero-order chi connectivity index (χ0) is 19.2. The number of hydrogen-bond donors (Lipinski definition) is 1. The maximum Gasteiger partial charge on any atom is 0.234 e. The number of aryl methyl sites for hydroxylation is 1. The molecule has 0 radical (unpaired) electrons. The molecule has 8 nitrogen and oxygen atoms in total. The third kappa shape index (κ3) is 4.37. The number of tetrazole rings is 1. The predicted molar refractivity (Wildman–Crippen MR) is 103 cm³/mol. The minimum Gasteiger partial charge on any atom is -0.493 e. The third-order valence-electron chi connectivity index (χ3n) is 3.78. The SMILES string of the molecule is COc1ccc(NC(=O)CSc2nnnn2-c2ccccc2C)cc1OC. The molecule has 1 aromatic heterocycles. The van der Waals surface area contributed by atoms with Crippen LogP contribution in [-0.2, 0) is 4.79 Å². The highest BCUT2D eigenvalue weighted by Crippen LogP contribution is 2.30. The van der Waals surface area contributed by atoms with Gasteiger partial charge in [0.25, 0.3) is 0 Å². The number of amides is 1. The molecule has 2 aromatic carbocycles. The highest BCUT2D eigenvalue weighted by Gasteiger charge is 2.13. The summed E-state index contributed by atoms with van der Waals surface area (Å²) in [5, 5.41) is 15.1. The van der Waals surface area contributed by atoms with Crippen molar-refractivity contribution in [1.29, 1.82) is 0 Å². The Morgan fingerprint density at radius 2 is 1.93 bits per heavy atom. The number of aromatic nitrogens is 4. The first-order valence-corrected chi connectivity index (χ1v) is 9.10. The molecule has 9 heteroatoms. The van der Waals surface area contributed by atoms with E-state index in [1.165, 1.54) is 11.8 Å². The Labute approximate surface area is 160 Å². The van der Waals surface area contributed by atoms with E-state index in [4.69, 9.17) is 9.47 Å². The van der Waals surface area contributed by atoms with Crippen molar-refractivity contribution in [2.24, 2.45) is 0 Å². The van der Waals surface area contributed by atoms with Crippen molar-refractivity contribution in [3.8, 4) is 17.2 Å². The van der Waals surface area contributed by atoms with Gasteiger partial charge in [0.2, 0.25) is 11.1 Å². The number of anilines is 1. The van der Waals surface area contributed by atoms with E-state index >= 15 is 0 Å². The number of methoxy groups -OCH3 is 2. The van der Waals surface area contributed by atoms with Gasteiger partial charge in [0.1, 0.15) is 0 Å². The van der Waals surface area contributed by atoms with Crippen LogP contribution in [0.2, 0.25) is 0 Å². The predicted octanol–water partition coefficient (Wildman–Crippen LogP) is 2.72. The lowest BCUT2D eigenvalue weighted by Gasteiger charge is -2.10. The number of rotatable bonds is 7. The van der Waals surface area contributed by atoms with Gasteiger partial charge in [-0.3, -0.25) is 4.79 Å². The molecule has 1 amide bonds. The number of nitrogens with one attached hydrogen (secondary N) is 1. The van der Waals surface area contributed by atoms with Crippen LogP contribution in [0.15, 0.2) is 47.6 Å². The summed E-state index contributed by atoms with van der Waals surface area (Å²) in [5.41, 5.74) is 2.54. The van der Waals surface area contributed by atoms with Crippen LogP contribution in [0.1, 0.15) is 5.56 Å². The molecule has 0 aliphatic rings. The number of ether oxygens (including phenoxy) is 2. The minimum absolute atomic E-state index is 0.167. The zero-order valence-electron chi connectivity index (χ0n) is 15.2. The molecular weight excluding hydrogens is 366 g/mol. The molecule has 27 heavy (non-hydrogen) atoms. The molecule has 0 saturated heterocycles. The second-order valence-electron chi connectivity index (χ2n) is 5.57. The second-order valence-corrected chi connectivity index (χ2v) is 6.51. The molecule has 140 valence electrons. The van der Waals surface area contributed by atoms with Gasteiger partial charge in [-0.05, 0) is 41.1 Å². The molecule has 1 heterocycles. The van der Waals surface area contributed by atoms with Crippen molar-refractivity contribution < 1.29 is 14.3 Å². The van der Waals surface area contributed by atoms with Gasteiger partial charge >= 0.3 is 0 Å². The summed E-state index contributed by atoms with van der Waals surface area (Å²) in [5.74, 6) is 1.14. The molecule has 3 aromatic rings. The normalized spacial score (nSPS) is 10.5. The standard InChI is InChI=1S/C18H19N5O3S/c1-12-6-4-5-7-14(12)23-18(20-21-22-23)27-11-17(24)19-13-8-9-15(25-2)16(10-13)26-3/h4-10H,11H2,1-3H3,(H,19,24). The number of nitrogens with zero attached hydrogens (tertiary/aromatic N) is 4. The van der Waals surface area contributed by atoms with Crippen LogP contribution >= 0.6 is 11.8 Å². The van der Waals surface area contributed by atoms with Gasteiger partial charge in [-0.2, -0.15) is 4.68 Å². The molecular formula is C18H19N5O3S. The smallest absolute Gasteiger partial charge is 0.234 e. The number of hydrogen-bond acceptors (Lipinski definition) is 7. The van der Waals surface area contributed by atoms with Crippen LogP contribution < -0.4 is 14.8 Å². The Morgan fingerprint density at radius 1 is 1.15 bits per heavy atom. The van der Waals surface area contributed by atoms with Gasteiger partial charge in [-0.25, -0.2) is 0 Å². The minimum atomic E-state index is -0.174. The molecule has 0 bridgehead atoms. The Kier molecular flexibility index (Phi) is 5.92. The summed E-state index contributed by atoms with van der Waals surface area (Å²) in [6, 6.07) is 13.0. The summed E-state index contributed by atoms with van der Waals surface area (Å²) < 4.78 is 12.1. The van der Waals surface area contributed by atoms with Gasteiger partial charge in [0.15, 0.2) is 11.5 Å². The number of para-hydroxylation sites is 1. The van der Waals surface area contributed by atoms with E-state index in [0.717, 1.165) is 11.3 Å². The fourth-order valence-corrected chi connectivity index (χ4v) is 3.15. The highest BCUT2D eigenvalue weighted by atomic mass is 32.2. The Bertz CT molecular complexity index is 944. The lowest BCUT2D eigenvalue weighted by molar-refractivity contribution is -0.113. The Balaban J connectivity index is 1.66.